The van der Waals surface area contributed by atoms with Gasteiger partial charge in [-0.2, -0.15) is 0 Å². The standard InChI is InChI=1S/C13H14N2O5/c1-7-4-10(9(3)19-7)13(17)18-6-12(16)14-11-5-8(2)20-15-11/h4-5H,6H2,1-3H3,(H,14,15,16). The predicted octanol–water partition coefficient (Wildman–Crippen LogP) is 1.99. The molecule has 1 amide bonds. The van der Waals surface area contributed by atoms with Crippen LogP contribution in [0.1, 0.15) is 27.6 Å². The molecule has 7 nitrogen and oxygen atoms in total. The lowest BCUT2D eigenvalue weighted by Crippen LogP contribution is -2.21. The second kappa shape index (κ2) is 5.60. The number of nitrogens with one attached hydrogen (secondary N) is 1. The third-order valence-corrected chi connectivity index (χ3v) is 2.49. The molecule has 0 radical (unpaired) electrons. The van der Waals surface area contributed by atoms with Gasteiger partial charge in [-0.05, 0) is 26.8 Å². The number of rotatable bonds is 4. The average Bonchev–Trinajstić information content (AvgIpc) is 2.92. The molecule has 0 spiro atoms. The molecule has 0 aliphatic rings. The van der Waals surface area contributed by atoms with Crippen LogP contribution in [0.3, 0.4) is 0 Å². The summed E-state index contributed by atoms with van der Waals surface area (Å²) < 4.78 is 14.9. The van der Waals surface area contributed by atoms with Crippen LogP contribution in [-0.4, -0.2) is 23.6 Å². The number of ether oxygens (including phenoxy) is 1. The minimum atomic E-state index is -0.606. The van der Waals surface area contributed by atoms with Gasteiger partial charge in [0.15, 0.2) is 12.4 Å². The minimum Gasteiger partial charge on any atom is -0.466 e. The lowest BCUT2D eigenvalue weighted by atomic mass is 10.2. The van der Waals surface area contributed by atoms with Gasteiger partial charge in [0.1, 0.15) is 22.8 Å². The first kappa shape index (κ1) is 13.9. The first-order chi connectivity index (χ1) is 9.45. The molecule has 0 atom stereocenters. The number of carbonyl (C=O) groups excluding carboxylic acids is 2. The second-order valence-electron chi connectivity index (χ2n) is 4.27. The van der Waals surface area contributed by atoms with Crippen molar-refractivity contribution >= 4 is 17.7 Å². The number of esters is 1. The molecule has 106 valence electrons. The molecule has 1 N–H and O–H groups in total. The van der Waals surface area contributed by atoms with Crippen molar-refractivity contribution in [2.75, 3.05) is 11.9 Å². The molecule has 2 aromatic heterocycles. The number of carbonyl (C=O) groups is 2. The molecule has 0 saturated carbocycles. The van der Waals surface area contributed by atoms with Crippen molar-refractivity contribution in [1.29, 1.82) is 0 Å². The topological polar surface area (TPSA) is 94.6 Å². The third kappa shape index (κ3) is 3.25. The molecule has 0 aliphatic heterocycles. The van der Waals surface area contributed by atoms with E-state index in [9.17, 15) is 9.59 Å². The van der Waals surface area contributed by atoms with E-state index in [1.165, 1.54) is 0 Å². The summed E-state index contributed by atoms with van der Waals surface area (Å²) in [6, 6.07) is 3.12. The van der Waals surface area contributed by atoms with Crippen molar-refractivity contribution in [3.8, 4) is 0 Å². The Kier molecular flexibility index (Phi) is 3.88. The average molecular weight is 278 g/mol. The van der Waals surface area contributed by atoms with Crippen molar-refractivity contribution in [3.63, 3.8) is 0 Å². The molecule has 0 bridgehead atoms. The van der Waals surface area contributed by atoms with E-state index >= 15 is 0 Å². The Morgan fingerprint density at radius 2 is 2.00 bits per heavy atom. The zero-order valence-electron chi connectivity index (χ0n) is 11.4. The lowest BCUT2D eigenvalue weighted by Gasteiger charge is -2.03. The molecule has 0 aliphatic carbocycles. The molecule has 2 rings (SSSR count). The van der Waals surface area contributed by atoms with Crippen molar-refractivity contribution in [2.24, 2.45) is 0 Å². The highest BCUT2D eigenvalue weighted by Crippen LogP contribution is 2.14. The third-order valence-electron chi connectivity index (χ3n) is 2.49. The Morgan fingerprint density at radius 1 is 1.25 bits per heavy atom. The van der Waals surface area contributed by atoms with E-state index in [0.29, 0.717) is 22.8 Å². The fourth-order valence-electron chi connectivity index (χ4n) is 1.65. The van der Waals surface area contributed by atoms with Crippen LogP contribution in [0.2, 0.25) is 0 Å². The Balaban J connectivity index is 1.87. The van der Waals surface area contributed by atoms with E-state index in [4.69, 9.17) is 13.7 Å². The summed E-state index contributed by atoms with van der Waals surface area (Å²) in [6.45, 7) is 4.67. The van der Waals surface area contributed by atoms with Gasteiger partial charge in [0.2, 0.25) is 0 Å². The molecular weight excluding hydrogens is 264 g/mol. The monoisotopic (exact) mass is 278 g/mol. The number of hydrogen-bond acceptors (Lipinski definition) is 6. The number of furan rings is 1. The van der Waals surface area contributed by atoms with E-state index in [-0.39, 0.29) is 5.82 Å². The number of aromatic nitrogens is 1. The smallest absolute Gasteiger partial charge is 0.342 e. The number of amides is 1. The van der Waals surface area contributed by atoms with Crippen LogP contribution in [0.15, 0.2) is 21.1 Å². The van der Waals surface area contributed by atoms with Crippen LogP contribution in [0.25, 0.3) is 0 Å². The number of nitrogens with zero attached hydrogens (tertiary/aromatic N) is 1. The Labute approximate surface area is 114 Å². The Hall–Kier alpha value is -2.57. The molecule has 0 fully saturated rings. The number of hydrogen-bond donors (Lipinski definition) is 1. The molecule has 2 aromatic rings. The molecule has 20 heavy (non-hydrogen) atoms. The number of aryl methyl sites for hydroxylation is 3. The van der Waals surface area contributed by atoms with Crippen LogP contribution < -0.4 is 5.32 Å². The van der Waals surface area contributed by atoms with Gasteiger partial charge in [-0.25, -0.2) is 4.79 Å². The minimum absolute atomic E-state index is 0.277. The maximum Gasteiger partial charge on any atom is 0.342 e. The zero-order valence-corrected chi connectivity index (χ0v) is 11.4. The van der Waals surface area contributed by atoms with Gasteiger partial charge >= 0.3 is 5.97 Å². The summed E-state index contributed by atoms with van der Waals surface area (Å²) in [6.07, 6.45) is 0. The molecular formula is C13H14N2O5. The Bertz CT molecular complexity index is 641. The van der Waals surface area contributed by atoms with Gasteiger partial charge in [-0.1, -0.05) is 5.16 Å². The van der Waals surface area contributed by atoms with Crippen molar-refractivity contribution < 1.29 is 23.3 Å². The summed E-state index contributed by atoms with van der Waals surface area (Å²) in [5.74, 6) is 0.813. The number of anilines is 1. The first-order valence-corrected chi connectivity index (χ1v) is 5.93. The van der Waals surface area contributed by atoms with Gasteiger partial charge < -0.3 is 19.0 Å². The molecule has 2 heterocycles. The van der Waals surface area contributed by atoms with E-state index in [2.05, 4.69) is 10.5 Å². The van der Waals surface area contributed by atoms with Crippen LogP contribution >= 0.6 is 0 Å². The van der Waals surface area contributed by atoms with Gasteiger partial charge in [0, 0.05) is 6.07 Å². The summed E-state index contributed by atoms with van der Waals surface area (Å²) in [5.41, 5.74) is 0.313. The van der Waals surface area contributed by atoms with E-state index in [0.717, 1.165) is 0 Å². The first-order valence-electron chi connectivity index (χ1n) is 5.93. The summed E-state index contributed by atoms with van der Waals surface area (Å²) in [4.78, 5) is 23.3. The molecule has 0 aromatic carbocycles. The lowest BCUT2D eigenvalue weighted by molar-refractivity contribution is -0.119. The Morgan fingerprint density at radius 3 is 2.55 bits per heavy atom. The SMILES string of the molecule is Cc1cc(NC(=O)COC(=O)c2cc(C)oc2C)no1. The summed E-state index contributed by atoms with van der Waals surface area (Å²) in [5, 5.41) is 6.04. The molecule has 7 heteroatoms. The molecule has 0 unspecified atom stereocenters. The highest BCUT2D eigenvalue weighted by molar-refractivity contribution is 5.95. The van der Waals surface area contributed by atoms with E-state index < -0.39 is 18.5 Å². The fourth-order valence-corrected chi connectivity index (χ4v) is 1.65. The van der Waals surface area contributed by atoms with Gasteiger partial charge in [-0.15, -0.1) is 0 Å². The summed E-state index contributed by atoms with van der Waals surface area (Å²) >= 11 is 0. The zero-order chi connectivity index (χ0) is 14.7. The van der Waals surface area contributed by atoms with Crippen LogP contribution in [0.5, 0.6) is 0 Å². The van der Waals surface area contributed by atoms with Crippen molar-refractivity contribution in [3.05, 3.63) is 35.0 Å². The molecule has 0 saturated heterocycles. The van der Waals surface area contributed by atoms with Gasteiger partial charge in [0.05, 0.1) is 0 Å². The van der Waals surface area contributed by atoms with Gasteiger partial charge in [0.25, 0.3) is 5.91 Å². The maximum absolute atomic E-state index is 11.7. The van der Waals surface area contributed by atoms with Crippen molar-refractivity contribution in [1.82, 2.24) is 5.16 Å². The van der Waals surface area contributed by atoms with E-state index in [1.54, 1.807) is 32.9 Å². The predicted molar refractivity (Wildman–Crippen MR) is 68.3 cm³/mol. The second-order valence-corrected chi connectivity index (χ2v) is 4.27. The van der Waals surface area contributed by atoms with Crippen LogP contribution in [0.4, 0.5) is 5.82 Å². The maximum atomic E-state index is 11.7. The normalized spacial score (nSPS) is 10.3. The van der Waals surface area contributed by atoms with Gasteiger partial charge in [-0.3, -0.25) is 4.79 Å². The van der Waals surface area contributed by atoms with Crippen LogP contribution in [0, 0.1) is 20.8 Å². The van der Waals surface area contributed by atoms with Crippen LogP contribution in [-0.2, 0) is 9.53 Å². The largest absolute Gasteiger partial charge is 0.466 e. The van der Waals surface area contributed by atoms with Crippen molar-refractivity contribution in [2.45, 2.75) is 20.8 Å². The summed E-state index contributed by atoms with van der Waals surface area (Å²) in [7, 11) is 0. The highest BCUT2D eigenvalue weighted by Gasteiger charge is 2.16. The van der Waals surface area contributed by atoms with E-state index in [1.807, 2.05) is 0 Å². The quantitative estimate of drug-likeness (QED) is 0.859. The fraction of sp³-hybridized carbons (Fsp3) is 0.308. The highest BCUT2D eigenvalue weighted by atomic mass is 16.5.